The van der Waals surface area contributed by atoms with Gasteiger partial charge in [-0.05, 0) is 43.2 Å². The van der Waals surface area contributed by atoms with Gasteiger partial charge in [0.15, 0.2) is 0 Å². The Kier molecular flexibility index (Phi) is 7.05. The Labute approximate surface area is 171 Å². The van der Waals surface area contributed by atoms with Gasteiger partial charge < -0.3 is 4.90 Å². The first-order valence-corrected chi connectivity index (χ1v) is 10.4. The van der Waals surface area contributed by atoms with Crippen LogP contribution in [0.15, 0.2) is 76.2 Å². The van der Waals surface area contributed by atoms with Crippen LogP contribution in [0.4, 0.5) is 5.69 Å². The molecule has 0 saturated carbocycles. The molecule has 142 valence electrons. The number of amidine groups is 1. The fourth-order valence-corrected chi connectivity index (χ4v) is 4.09. The molecule has 3 rings (SSSR count). The molecule has 2 aromatic rings. The molecule has 5 heteroatoms. The van der Waals surface area contributed by atoms with Crippen molar-refractivity contribution in [3.8, 4) is 6.07 Å². The number of nitrogens with zero attached hydrogens (tertiary/aromatic N) is 4. The monoisotopic (exact) mass is 388 g/mol. The molecule has 0 radical (unpaired) electrons. The summed E-state index contributed by atoms with van der Waals surface area (Å²) in [4.78, 5) is 11.3. The third-order valence-corrected chi connectivity index (χ3v) is 5.72. The zero-order valence-corrected chi connectivity index (χ0v) is 17.1. The van der Waals surface area contributed by atoms with Crippen LogP contribution >= 0.6 is 11.8 Å². The lowest BCUT2D eigenvalue weighted by Gasteiger charge is -2.32. The maximum absolute atomic E-state index is 8.97. The highest BCUT2D eigenvalue weighted by molar-refractivity contribution is 7.99. The number of rotatable bonds is 6. The average molecular weight is 389 g/mol. The summed E-state index contributed by atoms with van der Waals surface area (Å²) < 4.78 is 0. The van der Waals surface area contributed by atoms with E-state index < -0.39 is 0 Å². The summed E-state index contributed by atoms with van der Waals surface area (Å²) >= 11 is 1.84. The van der Waals surface area contributed by atoms with Crippen molar-refractivity contribution in [2.75, 3.05) is 18.5 Å². The van der Waals surface area contributed by atoms with E-state index in [4.69, 9.17) is 5.26 Å². The summed E-state index contributed by atoms with van der Waals surface area (Å²) in [5.74, 6) is 1.80. The third kappa shape index (κ3) is 4.90. The lowest BCUT2D eigenvalue weighted by molar-refractivity contribution is 0.966. The molecule has 2 aromatic carbocycles. The third-order valence-electron chi connectivity index (χ3n) is 4.52. The van der Waals surface area contributed by atoms with E-state index in [0.29, 0.717) is 5.56 Å². The molecule has 0 aromatic heterocycles. The van der Waals surface area contributed by atoms with E-state index in [0.717, 1.165) is 35.8 Å². The first-order valence-electron chi connectivity index (χ1n) is 9.35. The number of thioether (sulfide) groups is 1. The van der Waals surface area contributed by atoms with Gasteiger partial charge in [0.1, 0.15) is 5.84 Å². The minimum Gasteiger partial charge on any atom is -0.314 e. The second-order valence-electron chi connectivity index (χ2n) is 6.46. The highest BCUT2D eigenvalue weighted by Crippen LogP contribution is 2.28. The van der Waals surface area contributed by atoms with Gasteiger partial charge in [0, 0.05) is 36.8 Å². The van der Waals surface area contributed by atoms with E-state index in [2.05, 4.69) is 58.2 Å². The Bertz CT molecular complexity index is 908. The van der Waals surface area contributed by atoms with Crippen LogP contribution in [0.5, 0.6) is 0 Å². The standard InChI is InChI=1S/C23H24N4S/c1-18(28-17-20-12-10-19(15-24)11-13-20)27(22-8-4-3-5-9-22)23(25-2)21-7-6-14-26-16-21/h3-5,7-13,16,18H,6,14,17H2,1-2H3. The van der Waals surface area contributed by atoms with Gasteiger partial charge in [-0.15, -0.1) is 11.8 Å². The SMILES string of the molecule is CN=C(C1=CCCN=C1)N(c1ccccc1)C(C)SCc1ccc(C#N)cc1. The molecule has 0 saturated heterocycles. The summed E-state index contributed by atoms with van der Waals surface area (Å²) in [5, 5.41) is 9.14. The number of para-hydroxylation sites is 1. The minimum atomic E-state index is 0.174. The molecular formula is C23H24N4S. The van der Waals surface area contributed by atoms with Crippen molar-refractivity contribution in [2.24, 2.45) is 9.98 Å². The molecule has 0 amide bonds. The molecule has 0 aliphatic carbocycles. The van der Waals surface area contributed by atoms with E-state index in [1.807, 2.05) is 55.4 Å². The number of anilines is 1. The van der Waals surface area contributed by atoms with Crippen LogP contribution in [-0.2, 0) is 5.75 Å². The summed E-state index contributed by atoms with van der Waals surface area (Å²) in [6.07, 6.45) is 5.09. The van der Waals surface area contributed by atoms with Gasteiger partial charge >= 0.3 is 0 Å². The second kappa shape index (κ2) is 9.91. The molecule has 0 spiro atoms. The lowest BCUT2D eigenvalue weighted by Crippen LogP contribution is -2.39. The summed E-state index contributed by atoms with van der Waals surface area (Å²) in [6, 6.07) is 20.3. The van der Waals surface area contributed by atoms with Crippen molar-refractivity contribution in [1.82, 2.24) is 0 Å². The Morgan fingerprint density at radius 2 is 1.96 bits per heavy atom. The molecule has 1 atom stereocenters. The van der Waals surface area contributed by atoms with Crippen molar-refractivity contribution < 1.29 is 0 Å². The highest BCUT2D eigenvalue weighted by Gasteiger charge is 2.23. The molecule has 0 bridgehead atoms. The topological polar surface area (TPSA) is 51.8 Å². The predicted octanol–water partition coefficient (Wildman–Crippen LogP) is 5.07. The smallest absolute Gasteiger partial charge is 0.137 e. The molecular weight excluding hydrogens is 364 g/mol. The lowest BCUT2D eigenvalue weighted by atomic mass is 10.1. The first kappa shape index (κ1) is 19.9. The number of benzene rings is 2. The van der Waals surface area contributed by atoms with Crippen LogP contribution in [0.2, 0.25) is 0 Å². The fourth-order valence-electron chi connectivity index (χ4n) is 3.10. The van der Waals surface area contributed by atoms with E-state index in [1.165, 1.54) is 5.56 Å². The van der Waals surface area contributed by atoms with E-state index in [1.54, 1.807) is 0 Å². The van der Waals surface area contributed by atoms with Gasteiger partial charge in [-0.2, -0.15) is 5.26 Å². The highest BCUT2D eigenvalue weighted by atomic mass is 32.2. The molecule has 1 aliphatic rings. The van der Waals surface area contributed by atoms with Crippen LogP contribution in [0.25, 0.3) is 0 Å². The molecule has 4 nitrogen and oxygen atoms in total. The maximum Gasteiger partial charge on any atom is 0.137 e. The van der Waals surface area contributed by atoms with Gasteiger partial charge in [0.2, 0.25) is 0 Å². The molecule has 28 heavy (non-hydrogen) atoms. The van der Waals surface area contributed by atoms with Gasteiger partial charge in [-0.3, -0.25) is 9.98 Å². The first-order chi connectivity index (χ1) is 13.7. The zero-order chi connectivity index (χ0) is 19.8. The van der Waals surface area contributed by atoms with Crippen LogP contribution in [0.1, 0.15) is 24.5 Å². The molecule has 1 heterocycles. The minimum absolute atomic E-state index is 0.174. The Hall–Kier alpha value is -2.84. The number of dihydropyridines is 1. The van der Waals surface area contributed by atoms with Crippen LogP contribution < -0.4 is 4.90 Å². The quantitative estimate of drug-likeness (QED) is 0.394. The molecule has 0 fully saturated rings. The summed E-state index contributed by atoms with van der Waals surface area (Å²) in [5.41, 5.74) is 4.08. The Morgan fingerprint density at radius 1 is 1.21 bits per heavy atom. The van der Waals surface area contributed by atoms with Crippen LogP contribution in [0.3, 0.4) is 0 Å². The van der Waals surface area contributed by atoms with Crippen LogP contribution in [-0.4, -0.2) is 31.0 Å². The normalized spacial score (nSPS) is 14.9. The van der Waals surface area contributed by atoms with Crippen molar-refractivity contribution >= 4 is 29.5 Å². The van der Waals surface area contributed by atoms with Gasteiger partial charge in [0.05, 0.1) is 17.0 Å². The van der Waals surface area contributed by atoms with Crippen molar-refractivity contribution in [3.63, 3.8) is 0 Å². The van der Waals surface area contributed by atoms with Gasteiger partial charge in [0.25, 0.3) is 0 Å². The van der Waals surface area contributed by atoms with E-state index in [-0.39, 0.29) is 5.37 Å². The summed E-state index contributed by atoms with van der Waals surface area (Å²) in [6.45, 7) is 3.04. The number of nitriles is 1. The number of aliphatic imine (C=N–C) groups is 2. The van der Waals surface area contributed by atoms with Gasteiger partial charge in [-0.1, -0.05) is 36.4 Å². The van der Waals surface area contributed by atoms with E-state index >= 15 is 0 Å². The van der Waals surface area contributed by atoms with E-state index in [9.17, 15) is 0 Å². The van der Waals surface area contributed by atoms with Crippen molar-refractivity contribution in [3.05, 3.63) is 77.4 Å². The summed E-state index contributed by atoms with van der Waals surface area (Å²) in [7, 11) is 1.84. The maximum atomic E-state index is 8.97. The van der Waals surface area contributed by atoms with Crippen LogP contribution in [0, 0.1) is 11.3 Å². The fraction of sp³-hybridized carbons (Fsp3) is 0.261. The molecule has 0 N–H and O–H groups in total. The predicted molar refractivity (Wildman–Crippen MR) is 120 cm³/mol. The molecule has 1 aliphatic heterocycles. The molecule has 1 unspecified atom stereocenters. The average Bonchev–Trinajstić information content (AvgIpc) is 2.77. The van der Waals surface area contributed by atoms with Crippen molar-refractivity contribution in [2.45, 2.75) is 24.5 Å². The Morgan fingerprint density at radius 3 is 2.57 bits per heavy atom. The zero-order valence-electron chi connectivity index (χ0n) is 16.2. The Balaban J connectivity index is 1.82. The largest absolute Gasteiger partial charge is 0.314 e. The number of hydrogen-bond acceptors (Lipinski definition) is 4. The van der Waals surface area contributed by atoms with Crippen molar-refractivity contribution in [1.29, 1.82) is 5.26 Å². The number of hydrogen-bond donors (Lipinski definition) is 0. The van der Waals surface area contributed by atoms with Gasteiger partial charge in [-0.25, -0.2) is 0 Å². The second-order valence-corrected chi connectivity index (χ2v) is 7.76.